The molecule has 0 radical (unpaired) electrons. The zero-order valence-electron chi connectivity index (χ0n) is 31.5. The number of rotatable bonds is 10. The molecule has 2 spiro atoms. The Labute approximate surface area is 312 Å². The normalized spacial score (nSPS) is 35.2. The molecule has 1 amide bonds. The van der Waals surface area contributed by atoms with Crippen LogP contribution in [0.3, 0.4) is 0 Å². The fourth-order valence-electron chi connectivity index (χ4n) is 11.8. The number of methoxy groups -OCH3 is 2. The number of allylic oxidation sites excluding steroid dienone is 4. The van der Waals surface area contributed by atoms with Crippen molar-refractivity contribution in [3.8, 4) is 11.5 Å². The number of nitrogens with zero attached hydrogens (tertiary/aromatic N) is 1. The van der Waals surface area contributed by atoms with Gasteiger partial charge in [0.1, 0.15) is 11.5 Å². The summed E-state index contributed by atoms with van der Waals surface area (Å²) in [5, 5.41) is 26.1. The van der Waals surface area contributed by atoms with Gasteiger partial charge in [-0.15, -0.1) is 0 Å². The van der Waals surface area contributed by atoms with Crippen LogP contribution in [0.2, 0.25) is 0 Å². The number of hydrogen-bond acceptors (Lipinski definition) is 7. The Morgan fingerprint density at radius 3 is 2.30 bits per heavy atom. The number of ether oxygens (including phenoxy) is 3. The zero-order chi connectivity index (χ0) is 37.2. The highest BCUT2D eigenvalue weighted by molar-refractivity contribution is 6.10. The molecule has 0 aromatic heterocycles. The molecule has 6 aliphatic rings. The molecule has 2 bridgehead atoms. The molecule has 8 nitrogen and oxygen atoms in total. The van der Waals surface area contributed by atoms with E-state index in [0.717, 1.165) is 48.4 Å². The Morgan fingerprint density at radius 1 is 0.849 bits per heavy atom. The first-order chi connectivity index (χ1) is 25.4. The van der Waals surface area contributed by atoms with Crippen molar-refractivity contribution in [3.63, 3.8) is 0 Å². The van der Waals surface area contributed by atoms with Gasteiger partial charge in [0, 0.05) is 47.6 Å². The van der Waals surface area contributed by atoms with Gasteiger partial charge in [0.05, 0.1) is 25.4 Å². The third kappa shape index (κ3) is 5.42. The Hall–Kier alpha value is -3.98. The first-order valence-electron chi connectivity index (χ1n) is 19.4. The van der Waals surface area contributed by atoms with Crippen molar-refractivity contribution < 1.29 is 34.0 Å². The molecule has 6 aliphatic carbocycles. The minimum absolute atomic E-state index is 0.00309. The predicted octanol–water partition coefficient (Wildman–Crippen LogP) is 8.16. The molecule has 2 N–H and O–H groups in total. The standard InChI is InChI=1S/C45H53NO7/c1-41-19-16-33(47)27-43(41)22-23-45(36(28-43)39(48)31-11-13-34(52-4)14-12-31)37(41)17-20-42(2)38(45)18-21-44(42,50)29-46(24-7-25-51-3)40(49)53-35-15-10-30-8-5-6-9-32(30)26-35/h5-6,8-15,22-23,26,28,33,37-38,47,50H,7,16-21,24-25,27,29H2,1-4H3. The summed E-state index contributed by atoms with van der Waals surface area (Å²) < 4.78 is 16.8. The van der Waals surface area contributed by atoms with Crippen LogP contribution in [0.1, 0.15) is 75.6 Å². The number of benzene rings is 3. The topological polar surface area (TPSA) is 106 Å². The van der Waals surface area contributed by atoms with Crippen LogP contribution in [0.5, 0.6) is 11.5 Å². The van der Waals surface area contributed by atoms with Gasteiger partial charge >= 0.3 is 6.09 Å². The summed E-state index contributed by atoms with van der Waals surface area (Å²) in [5.41, 5.74) is -1.55. The van der Waals surface area contributed by atoms with Crippen LogP contribution >= 0.6 is 0 Å². The van der Waals surface area contributed by atoms with E-state index < -0.39 is 34.0 Å². The average molecular weight is 720 g/mol. The molecule has 8 heteroatoms. The van der Waals surface area contributed by atoms with Gasteiger partial charge < -0.3 is 29.3 Å². The average Bonchev–Trinajstić information content (AvgIpc) is 3.43. The largest absolute Gasteiger partial charge is 0.497 e. The van der Waals surface area contributed by atoms with Crippen LogP contribution in [-0.4, -0.2) is 72.6 Å². The lowest BCUT2D eigenvalue weighted by molar-refractivity contribution is -0.175. The molecule has 280 valence electrons. The Kier molecular flexibility index (Phi) is 8.90. The highest BCUT2D eigenvalue weighted by Gasteiger charge is 2.74. The van der Waals surface area contributed by atoms with E-state index >= 15 is 0 Å². The molecule has 8 unspecified atom stereocenters. The SMILES string of the molecule is COCCCN(CC1(O)CCC2C34C=CC5(C=C3C(=O)c3ccc(OC)cc3)CC(O)CCC5(C)C4CCC21C)C(=O)Oc1ccc2ccccc2c1. The maximum absolute atomic E-state index is 14.9. The summed E-state index contributed by atoms with van der Waals surface area (Å²) in [6.07, 6.45) is 11.6. The number of ketones is 1. The lowest BCUT2D eigenvalue weighted by Gasteiger charge is -2.71. The molecule has 3 aromatic rings. The Balaban J connectivity index is 1.15. The summed E-state index contributed by atoms with van der Waals surface area (Å²) in [6.45, 7) is 5.56. The van der Waals surface area contributed by atoms with E-state index in [9.17, 15) is 19.8 Å². The van der Waals surface area contributed by atoms with E-state index in [-0.39, 0.29) is 29.6 Å². The number of amides is 1. The van der Waals surface area contributed by atoms with Gasteiger partial charge in [0.15, 0.2) is 5.78 Å². The summed E-state index contributed by atoms with van der Waals surface area (Å²) in [7, 11) is 3.27. The van der Waals surface area contributed by atoms with Crippen molar-refractivity contribution in [2.75, 3.05) is 33.9 Å². The third-order valence-corrected chi connectivity index (χ3v) is 14.7. The second kappa shape index (κ2) is 13.1. The van der Waals surface area contributed by atoms with Crippen LogP contribution in [0.4, 0.5) is 4.79 Å². The van der Waals surface area contributed by atoms with E-state index in [1.54, 1.807) is 19.1 Å². The van der Waals surface area contributed by atoms with Crippen molar-refractivity contribution in [3.05, 3.63) is 96.1 Å². The molecule has 8 atom stereocenters. The van der Waals surface area contributed by atoms with Gasteiger partial charge in [-0.1, -0.05) is 62.4 Å². The van der Waals surface area contributed by atoms with Gasteiger partial charge in [-0.05, 0) is 116 Å². The second-order valence-corrected chi connectivity index (χ2v) is 17.0. The molecule has 3 aromatic carbocycles. The number of hydrogen-bond donors (Lipinski definition) is 2. The van der Waals surface area contributed by atoms with Crippen molar-refractivity contribution in [1.82, 2.24) is 4.90 Å². The predicted molar refractivity (Wildman–Crippen MR) is 204 cm³/mol. The number of aliphatic hydroxyl groups excluding tert-OH is 1. The quantitative estimate of drug-likeness (QED) is 0.124. The van der Waals surface area contributed by atoms with Crippen LogP contribution in [0.25, 0.3) is 10.8 Å². The minimum Gasteiger partial charge on any atom is -0.497 e. The molecular weight excluding hydrogens is 666 g/mol. The second-order valence-electron chi connectivity index (χ2n) is 17.0. The highest BCUT2D eigenvalue weighted by Crippen LogP contribution is 2.78. The van der Waals surface area contributed by atoms with E-state index in [1.165, 1.54) is 0 Å². The first kappa shape index (κ1) is 36.0. The third-order valence-electron chi connectivity index (χ3n) is 14.7. The van der Waals surface area contributed by atoms with Gasteiger partial charge in [-0.3, -0.25) is 4.79 Å². The number of fused-ring (bicyclic) bond motifs is 2. The van der Waals surface area contributed by atoms with Crippen LogP contribution in [0, 0.1) is 33.5 Å². The monoisotopic (exact) mass is 719 g/mol. The van der Waals surface area contributed by atoms with Crippen molar-refractivity contribution in [1.29, 1.82) is 0 Å². The summed E-state index contributed by atoms with van der Waals surface area (Å²) in [5.74, 6) is 1.29. The van der Waals surface area contributed by atoms with Gasteiger partial charge in [-0.2, -0.15) is 0 Å². The molecule has 0 saturated heterocycles. The van der Waals surface area contributed by atoms with Crippen LogP contribution in [0.15, 0.2) is 90.5 Å². The van der Waals surface area contributed by atoms with Crippen molar-refractivity contribution >= 4 is 22.6 Å². The Bertz CT molecular complexity index is 1970. The number of Topliss-reactive ketones (excluding diaryl/α,β-unsaturated/α-hetero) is 1. The summed E-state index contributed by atoms with van der Waals surface area (Å²) >= 11 is 0. The van der Waals surface area contributed by atoms with E-state index in [1.807, 2.05) is 66.7 Å². The maximum Gasteiger partial charge on any atom is 0.415 e. The number of carbonyl (C=O) groups excluding carboxylic acids is 2. The van der Waals surface area contributed by atoms with Crippen LogP contribution < -0.4 is 9.47 Å². The Morgan fingerprint density at radius 2 is 1.55 bits per heavy atom. The lowest BCUT2D eigenvalue weighted by atomic mass is 9.32. The molecule has 9 rings (SSSR count). The van der Waals surface area contributed by atoms with Gasteiger partial charge in [0.25, 0.3) is 0 Å². The maximum atomic E-state index is 14.9. The number of aliphatic hydroxyl groups is 2. The number of carbonyl (C=O) groups is 2. The van der Waals surface area contributed by atoms with Crippen molar-refractivity contribution in [2.24, 2.45) is 33.5 Å². The van der Waals surface area contributed by atoms with E-state index in [2.05, 4.69) is 32.1 Å². The smallest absolute Gasteiger partial charge is 0.415 e. The van der Waals surface area contributed by atoms with Gasteiger partial charge in [0.2, 0.25) is 0 Å². The molecule has 53 heavy (non-hydrogen) atoms. The fraction of sp³-hybridized carbons (Fsp3) is 0.511. The van der Waals surface area contributed by atoms with Gasteiger partial charge in [-0.25, -0.2) is 4.79 Å². The molecule has 0 heterocycles. The van der Waals surface area contributed by atoms with Crippen molar-refractivity contribution in [2.45, 2.75) is 76.9 Å². The molecule has 3 fully saturated rings. The zero-order valence-corrected chi connectivity index (χ0v) is 31.5. The highest BCUT2D eigenvalue weighted by atomic mass is 16.6. The molecular formula is C45H53NO7. The van der Waals surface area contributed by atoms with E-state index in [0.29, 0.717) is 49.5 Å². The summed E-state index contributed by atoms with van der Waals surface area (Å²) in [4.78, 5) is 30.6. The van der Waals surface area contributed by atoms with Crippen LogP contribution in [-0.2, 0) is 4.74 Å². The molecule has 3 saturated carbocycles. The minimum atomic E-state index is -1.22. The lowest BCUT2D eigenvalue weighted by Crippen LogP contribution is -2.67. The van der Waals surface area contributed by atoms with E-state index in [4.69, 9.17) is 14.2 Å². The molecule has 0 aliphatic heterocycles. The summed E-state index contributed by atoms with van der Waals surface area (Å²) in [6, 6.07) is 21.0. The first-order valence-corrected chi connectivity index (χ1v) is 19.4. The fourth-order valence-corrected chi connectivity index (χ4v) is 11.8.